The van der Waals surface area contributed by atoms with Crippen molar-refractivity contribution < 1.29 is 24.2 Å². The largest absolute Gasteiger partial charge is 0.445 e. The Balaban J connectivity index is 1.73. The number of aliphatic hydroxyl groups is 1. The number of ether oxygens (including phenoxy) is 2. The summed E-state index contributed by atoms with van der Waals surface area (Å²) >= 11 is 0. The van der Waals surface area contributed by atoms with E-state index in [1.807, 2.05) is 30.3 Å². The van der Waals surface area contributed by atoms with Gasteiger partial charge in [-0.25, -0.2) is 4.79 Å². The van der Waals surface area contributed by atoms with Gasteiger partial charge in [-0.1, -0.05) is 30.3 Å². The van der Waals surface area contributed by atoms with E-state index in [0.29, 0.717) is 0 Å². The molecular weight excluding hydrogens is 262 g/mol. The molecule has 1 aromatic carbocycles. The minimum Gasteiger partial charge on any atom is -0.445 e. The van der Waals surface area contributed by atoms with Crippen LogP contribution in [-0.4, -0.2) is 35.9 Å². The summed E-state index contributed by atoms with van der Waals surface area (Å²) in [5.74, 6) is -0.307. The lowest BCUT2D eigenvalue weighted by Gasteiger charge is -2.21. The summed E-state index contributed by atoms with van der Waals surface area (Å²) in [7, 11) is 0. The van der Waals surface area contributed by atoms with Crippen LogP contribution in [-0.2, 0) is 20.9 Å². The molecule has 106 valence electrons. The number of benzene rings is 1. The van der Waals surface area contributed by atoms with Crippen LogP contribution in [0.1, 0.15) is 5.56 Å². The summed E-state index contributed by atoms with van der Waals surface area (Å²) in [5.41, 5.74) is 0.867. The maximum Gasteiger partial charge on any atom is 0.407 e. The van der Waals surface area contributed by atoms with Crippen molar-refractivity contribution in [1.29, 1.82) is 0 Å². The van der Waals surface area contributed by atoms with E-state index in [-0.39, 0.29) is 18.9 Å². The zero-order valence-electron chi connectivity index (χ0n) is 10.7. The molecule has 1 heterocycles. The predicted octanol–water partition coefficient (Wildman–Crippen LogP) is 0.755. The smallest absolute Gasteiger partial charge is 0.407 e. The van der Waals surface area contributed by atoms with Gasteiger partial charge >= 0.3 is 6.09 Å². The molecule has 1 aliphatic heterocycles. The molecule has 0 spiro atoms. The fraction of sp³-hybridized carbons (Fsp3) is 0.286. The maximum atomic E-state index is 11.5. The van der Waals surface area contributed by atoms with Crippen molar-refractivity contribution >= 4 is 11.9 Å². The molecule has 0 bridgehead atoms. The maximum absolute atomic E-state index is 11.5. The number of carbonyl (C=O) groups excluding carboxylic acids is 2. The second-order valence-corrected chi connectivity index (χ2v) is 4.22. The quantitative estimate of drug-likeness (QED) is 0.848. The van der Waals surface area contributed by atoms with E-state index in [9.17, 15) is 14.7 Å². The first-order valence-corrected chi connectivity index (χ1v) is 6.15. The van der Waals surface area contributed by atoms with Gasteiger partial charge in [0.15, 0.2) is 12.1 Å². The second kappa shape index (κ2) is 6.83. The van der Waals surface area contributed by atoms with Crippen molar-refractivity contribution in [3.05, 3.63) is 48.0 Å². The summed E-state index contributed by atoms with van der Waals surface area (Å²) in [5, 5.41) is 11.6. The van der Waals surface area contributed by atoms with Gasteiger partial charge < -0.3 is 19.9 Å². The third-order valence-corrected chi connectivity index (χ3v) is 2.69. The number of nitrogens with one attached hydrogen (secondary N) is 1. The highest BCUT2D eigenvalue weighted by atomic mass is 16.6. The van der Waals surface area contributed by atoms with Gasteiger partial charge in [-0.15, -0.1) is 0 Å². The molecule has 6 nitrogen and oxygen atoms in total. The minimum atomic E-state index is -1.13. The average Bonchev–Trinajstić information content (AvgIpc) is 2.47. The topological polar surface area (TPSA) is 84.9 Å². The highest BCUT2D eigenvalue weighted by Gasteiger charge is 2.24. The normalized spacial score (nSPS) is 21.6. The molecule has 0 fully saturated rings. The Morgan fingerprint density at radius 2 is 2.10 bits per heavy atom. The number of hydrogen-bond donors (Lipinski definition) is 2. The predicted molar refractivity (Wildman–Crippen MR) is 69.7 cm³/mol. The van der Waals surface area contributed by atoms with Crippen LogP contribution in [0.5, 0.6) is 0 Å². The molecule has 20 heavy (non-hydrogen) atoms. The zero-order valence-corrected chi connectivity index (χ0v) is 10.7. The van der Waals surface area contributed by atoms with Gasteiger partial charge in [-0.3, -0.25) is 4.79 Å². The minimum absolute atomic E-state index is 0.0478. The Kier molecular flexibility index (Phi) is 4.86. The van der Waals surface area contributed by atoms with E-state index >= 15 is 0 Å². The van der Waals surface area contributed by atoms with Crippen LogP contribution < -0.4 is 5.32 Å². The van der Waals surface area contributed by atoms with E-state index in [4.69, 9.17) is 9.47 Å². The lowest BCUT2D eigenvalue weighted by atomic mass is 10.2. The first kappa shape index (κ1) is 14.2. The summed E-state index contributed by atoms with van der Waals surface area (Å²) < 4.78 is 9.94. The van der Waals surface area contributed by atoms with Crippen molar-refractivity contribution in [1.82, 2.24) is 5.32 Å². The van der Waals surface area contributed by atoms with Crippen LogP contribution in [0.15, 0.2) is 42.5 Å². The van der Waals surface area contributed by atoms with Gasteiger partial charge in [0.1, 0.15) is 12.7 Å². The standard InChI is InChI=1S/C14H15NO5/c16-11-6-7-13(17)20-12(11)8-15-14(18)19-9-10-4-2-1-3-5-10/h1-7,12-13,17H,8-9H2,(H,15,18)/t12-,13?/m1/s1. The molecule has 2 rings (SSSR count). The molecule has 1 amide bonds. The number of alkyl carbamates (subject to hydrolysis) is 1. The highest BCUT2D eigenvalue weighted by molar-refractivity contribution is 5.94. The molecule has 0 aliphatic carbocycles. The Morgan fingerprint density at radius 1 is 1.35 bits per heavy atom. The van der Waals surface area contributed by atoms with Gasteiger partial charge in [-0.05, 0) is 17.7 Å². The van der Waals surface area contributed by atoms with Crippen molar-refractivity contribution in [3.8, 4) is 0 Å². The van der Waals surface area contributed by atoms with E-state index in [1.165, 1.54) is 12.2 Å². The molecule has 6 heteroatoms. The van der Waals surface area contributed by atoms with Crippen LogP contribution in [0, 0.1) is 0 Å². The Morgan fingerprint density at radius 3 is 2.85 bits per heavy atom. The fourth-order valence-corrected chi connectivity index (χ4v) is 1.66. The number of carbonyl (C=O) groups is 2. The van der Waals surface area contributed by atoms with Gasteiger partial charge in [0.25, 0.3) is 0 Å². The number of rotatable bonds is 4. The number of amides is 1. The molecule has 2 N–H and O–H groups in total. The van der Waals surface area contributed by atoms with Crippen LogP contribution in [0.25, 0.3) is 0 Å². The monoisotopic (exact) mass is 277 g/mol. The molecular formula is C14H15NO5. The molecule has 0 aromatic heterocycles. The van der Waals surface area contributed by atoms with Gasteiger partial charge in [-0.2, -0.15) is 0 Å². The summed E-state index contributed by atoms with van der Waals surface area (Å²) in [6, 6.07) is 9.23. The van der Waals surface area contributed by atoms with Gasteiger partial charge in [0, 0.05) is 0 Å². The molecule has 1 unspecified atom stereocenters. The van der Waals surface area contributed by atoms with Gasteiger partial charge in [0.2, 0.25) is 0 Å². The average molecular weight is 277 g/mol. The number of hydrogen-bond acceptors (Lipinski definition) is 5. The summed E-state index contributed by atoms with van der Waals surface area (Å²) in [4.78, 5) is 22.9. The second-order valence-electron chi connectivity index (χ2n) is 4.22. The van der Waals surface area contributed by atoms with Crippen molar-refractivity contribution in [2.75, 3.05) is 6.54 Å². The molecule has 0 saturated carbocycles. The Hall–Kier alpha value is -2.18. The van der Waals surface area contributed by atoms with Gasteiger partial charge in [0.05, 0.1) is 6.54 Å². The first-order valence-electron chi connectivity index (χ1n) is 6.15. The van der Waals surface area contributed by atoms with Crippen LogP contribution >= 0.6 is 0 Å². The molecule has 0 saturated heterocycles. The third-order valence-electron chi connectivity index (χ3n) is 2.69. The van der Waals surface area contributed by atoms with E-state index in [1.54, 1.807) is 0 Å². The highest BCUT2D eigenvalue weighted by Crippen LogP contribution is 2.07. The lowest BCUT2D eigenvalue weighted by molar-refractivity contribution is -0.147. The molecule has 1 aliphatic rings. The molecule has 0 radical (unpaired) electrons. The van der Waals surface area contributed by atoms with Crippen LogP contribution in [0.4, 0.5) is 4.79 Å². The van der Waals surface area contributed by atoms with E-state index in [2.05, 4.69) is 5.32 Å². The van der Waals surface area contributed by atoms with E-state index < -0.39 is 18.5 Å². The third kappa shape index (κ3) is 4.18. The lowest BCUT2D eigenvalue weighted by Crippen LogP contribution is -2.41. The molecule has 1 aromatic rings. The SMILES string of the molecule is O=C(NC[C@H]1OC(O)C=CC1=O)OCc1ccccc1. The van der Waals surface area contributed by atoms with E-state index in [0.717, 1.165) is 5.56 Å². The number of ketones is 1. The summed E-state index contributed by atoms with van der Waals surface area (Å²) in [6.07, 6.45) is -0.184. The van der Waals surface area contributed by atoms with Crippen molar-refractivity contribution in [2.45, 2.75) is 19.0 Å². The first-order chi connectivity index (χ1) is 9.65. The summed E-state index contributed by atoms with van der Waals surface area (Å²) in [6.45, 7) is 0.0997. The molecule has 2 atom stereocenters. The zero-order chi connectivity index (χ0) is 14.4. The Labute approximate surface area is 116 Å². The Bertz CT molecular complexity index is 500. The van der Waals surface area contributed by atoms with Crippen molar-refractivity contribution in [3.63, 3.8) is 0 Å². The van der Waals surface area contributed by atoms with Crippen molar-refractivity contribution in [2.24, 2.45) is 0 Å². The fourth-order valence-electron chi connectivity index (χ4n) is 1.66. The van der Waals surface area contributed by atoms with Crippen LogP contribution in [0.3, 0.4) is 0 Å². The number of aliphatic hydroxyl groups excluding tert-OH is 1. The van der Waals surface area contributed by atoms with Crippen LogP contribution in [0.2, 0.25) is 0 Å².